The van der Waals surface area contributed by atoms with E-state index in [0.717, 1.165) is 23.3 Å². The van der Waals surface area contributed by atoms with Crippen molar-refractivity contribution >= 4 is 5.91 Å². The van der Waals surface area contributed by atoms with Crippen LogP contribution in [0.4, 0.5) is 0 Å². The van der Waals surface area contributed by atoms with Crippen molar-refractivity contribution in [1.29, 1.82) is 0 Å². The number of aryl methyl sites for hydroxylation is 2. The summed E-state index contributed by atoms with van der Waals surface area (Å²) in [6.45, 7) is 5.33. The van der Waals surface area contributed by atoms with Crippen LogP contribution in [0, 0.1) is 13.8 Å². The van der Waals surface area contributed by atoms with Crippen molar-refractivity contribution in [3.05, 3.63) is 29.3 Å². The van der Waals surface area contributed by atoms with Crippen molar-refractivity contribution < 1.29 is 19.4 Å². The molecule has 0 spiro atoms. The zero-order valence-corrected chi connectivity index (χ0v) is 13.1. The Bertz CT molecular complexity index is 448. The highest BCUT2D eigenvalue weighted by molar-refractivity contribution is 5.77. The van der Waals surface area contributed by atoms with Crippen LogP contribution in [0.15, 0.2) is 18.2 Å². The van der Waals surface area contributed by atoms with Crippen molar-refractivity contribution in [2.24, 2.45) is 0 Å². The SMILES string of the molecule is COCCCN(CCO)C(=O)COc1cc(C)ccc1C. The number of rotatable bonds is 9. The molecule has 0 saturated heterocycles. The predicted octanol–water partition coefficient (Wildman–Crippen LogP) is 1.54. The molecule has 1 N–H and O–H groups in total. The van der Waals surface area contributed by atoms with Crippen molar-refractivity contribution in [2.45, 2.75) is 20.3 Å². The Labute approximate surface area is 126 Å². The van der Waals surface area contributed by atoms with E-state index < -0.39 is 0 Å². The number of carbonyl (C=O) groups excluding carboxylic acids is 1. The molecule has 1 aromatic carbocycles. The maximum atomic E-state index is 12.1. The molecule has 0 unspecified atom stereocenters. The summed E-state index contributed by atoms with van der Waals surface area (Å²) in [5.41, 5.74) is 2.09. The minimum atomic E-state index is -0.124. The van der Waals surface area contributed by atoms with Gasteiger partial charge in [0.15, 0.2) is 6.61 Å². The van der Waals surface area contributed by atoms with Gasteiger partial charge in [-0.1, -0.05) is 12.1 Å². The van der Waals surface area contributed by atoms with E-state index in [-0.39, 0.29) is 19.1 Å². The molecule has 0 heterocycles. The number of hydrogen-bond acceptors (Lipinski definition) is 4. The first kappa shape index (κ1) is 17.5. The fraction of sp³-hybridized carbons (Fsp3) is 0.562. The Hall–Kier alpha value is -1.59. The summed E-state index contributed by atoms with van der Waals surface area (Å²) in [6, 6.07) is 5.90. The van der Waals surface area contributed by atoms with Gasteiger partial charge in [-0.2, -0.15) is 0 Å². The molecule has 0 saturated carbocycles. The van der Waals surface area contributed by atoms with Crippen LogP contribution >= 0.6 is 0 Å². The number of benzene rings is 1. The first-order valence-electron chi connectivity index (χ1n) is 7.16. The molecule has 21 heavy (non-hydrogen) atoms. The molecule has 1 aromatic rings. The van der Waals surface area contributed by atoms with Gasteiger partial charge in [0.1, 0.15) is 5.75 Å². The Morgan fingerprint density at radius 3 is 2.71 bits per heavy atom. The molecule has 0 aliphatic rings. The Morgan fingerprint density at radius 2 is 2.05 bits per heavy atom. The topological polar surface area (TPSA) is 59.0 Å². The van der Waals surface area contributed by atoms with Gasteiger partial charge in [-0.3, -0.25) is 4.79 Å². The summed E-state index contributed by atoms with van der Waals surface area (Å²) >= 11 is 0. The lowest BCUT2D eigenvalue weighted by molar-refractivity contribution is -0.134. The molecule has 0 aliphatic carbocycles. The second-order valence-electron chi connectivity index (χ2n) is 5.01. The minimum Gasteiger partial charge on any atom is -0.483 e. The molecular formula is C16H25NO4. The van der Waals surface area contributed by atoms with Gasteiger partial charge in [-0.25, -0.2) is 0 Å². The van der Waals surface area contributed by atoms with Crippen LogP contribution < -0.4 is 4.74 Å². The Morgan fingerprint density at radius 1 is 1.29 bits per heavy atom. The first-order chi connectivity index (χ1) is 10.1. The molecule has 0 fully saturated rings. The van der Waals surface area contributed by atoms with Crippen molar-refractivity contribution in [2.75, 3.05) is 40.0 Å². The lowest BCUT2D eigenvalue weighted by Crippen LogP contribution is -2.38. The number of aliphatic hydroxyl groups excluding tert-OH is 1. The summed E-state index contributed by atoms with van der Waals surface area (Å²) in [7, 11) is 1.63. The minimum absolute atomic E-state index is 0.0166. The summed E-state index contributed by atoms with van der Waals surface area (Å²) in [6.07, 6.45) is 0.742. The fourth-order valence-electron chi connectivity index (χ4n) is 1.98. The molecule has 0 aliphatic heterocycles. The maximum absolute atomic E-state index is 12.1. The van der Waals surface area contributed by atoms with Gasteiger partial charge >= 0.3 is 0 Å². The van der Waals surface area contributed by atoms with Crippen molar-refractivity contribution in [1.82, 2.24) is 4.90 Å². The number of ether oxygens (including phenoxy) is 2. The number of hydrogen-bond donors (Lipinski definition) is 1. The quantitative estimate of drug-likeness (QED) is 0.702. The van der Waals surface area contributed by atoms with Crippen LogP contribution in [-0.4, -0.2) is 55.9 Å². The summed E-state index contributed by atoms with van der Waals surface area (Å²) in [5.74, 6) is 0.602. The average Bonchev–Trinajstić information content (AvgIpc) is 2.47. The highest BCUT2D eigenvalue weighted by atomic mass is 16.5. The molecule has 0 bridgehead atoms. The third kappa shape index (κ3) is 6.14. The molecular weight excluding hydrogens is 270 g/mol. The molecule has 0 atom stereocenters. The molecule has 1 rings (SSSR count). The number of methoxy groups -OCH3 is 1. The van der Waals surface area contributed by atoms with E-state index in [2.05, 4.69) is 0 Å². The van der Waals surface area contributed by atoms with E-state index in [4.69, 9.17) is 14.6 Å². The molecule has 5 nitrogen and oxygen atoms in total. The van der Waals surface area contributed by atoms with E-state index in [9.17, 15) is 4.79 Å². The van der Waals surface area contributed by atoms with Crippen LogP contribution in [-0.2, 0) is 9.53 Å². The van der Waals surface area contributed by atoms with E-state index >= 15 is 0 Å². The van der Waals surface area contributed by atoms with Crippen molar-refractivity contribution in [3.63, 3.8) is 0 Å². The van der Waals surface area contributed by atoms with Crippen LogP contribution in [0.1, 0.15) is 17.5 Å². The molecule has 0 aromatic heterocycles. The van der Waals surface area contributed by atoms with Crippen LogP contribution in [0.2, 0.25) is 0 Å². The number of aliphatic hydroxyl groups is 1. The third-order valence-corrected chi connectivity index (χ3v) is 3.19. The Balaban J connectivity index is 2.54. The number of carbonyl (C=O) groups is 1. The highest BCUT2D eigenvalue weighted by Gasteiger charge is 2.14. The van der Waals surface area contributed by atoms with Gasteiger partial charge in [-0.15, -0.1) is 0 Å². The van der Waals surface area contributed by atoms with Crippen LogP contribution in [0.25, 0.3) is 0 Å². The lowest BCUT2D eigenvalue weighted by Gasteiger charge is -2.22. The lowest BCUT2D eigenvalue weighted by atomic mass is 10.1. The van der Waals surface area contributed by atoms with E-state index in [0.29, 0.717) is 19.7 Å². The second-order valence-corrected chi connectivity index (χ2v) is 5.01. The number of amides is 1. The van der Waals surface area contributed by atoms with E-state index in [1.807, 2.05) is 32.0 Å². The van der Waals surface area contributed by atoms with Crippen molar-refractivity contribution in [3.8, 4) is 5.75 Å². The largest absolute Gasteiger partial charge is 0.483 e. The average molecular weight is 295 g/mol. The third-order valence-electron chi connectivity index (χ3n) is 3.19. The second kappa shape index (κ2) is 9.37. The van der Waals surface area contributed by atoms with Gasteiger partial charge in [0, 0.05) is 26.8 Å². The van der Waals surface area contributed by atoms with E-state index in [1.54, 1.807) is 12.0 Å². The van der Waals surface area contributed by atoms with Gasteiger partial charge in [-0.05, 0) is 37.5 Å². The van der Waals surface area contributed by atoms with Crippen LogP contribution in [0.5, 0.6) is 5.75 Å². The molecule has 0 radical (unpaired) electrons. The standard InChI is InChI=1S/C16H25NO4/c1-13-5-6-14(2)15(11-13)21-12-16(19)17(8-9-18)7-4-10-20-3/h5-6,11,18H,4,7-10,12H2,1-3H3. The zero-order chi connectivity index (χ0) is 15.7. The zero-order valence-electron chi connectivity index (χ0n) is 13.1. The molecule has 118 valence electrons. The van der Waals surface area contributed by atoms with E-state index in [1.165, 1.54) is 0 Å². The highest BCUT2D eigenvalue weighted by Crippen LogP contribution is 2.19. The predicted molar refractivity (Wildman–Crippen MR) is 81.6 cm³/mol. The maximum Gasteiger partial charge on any atom is 0.260 e. The van der Waals surface area contributed by atoms with Gasteiger partial charge in [0.05, 0.1) is 6.61 Å². The molecule has 1 amide bonds. The summed E-state index contributed by atoms with van der Waals surface area (Å²) < 4.78 is 10.6. The molecule has 5 heteroatoms. The first-order valence-corrected chi connectivity index (χ1v) is 7.16. The van der Waals surface area contributed by atoms with Gasteiger partial charge < -0.3 is 19.5 Å². The summed E-state index contributed by atoms with van der Waals surface area (Å²) in [5, 5.41) is 9.04. The normalized spacial score (nSPS) is 10.5. The fourth-order valence-corrected chi connectivity index (χ4v) is 1.98. The van der Waals surface area contributed by atoms with Gasteiger partial charge in [0.2, 0.25) is 0 Å². The van der Waals surface area contributed by atoms with Gasteiger partial charge in [0.25, 0.3) is 5.91 Å². The smallest absolute Gasteiger partial charge is 0.260 e. The monoisotopic (exact) mass is 295 g/mol. The number of nitrogens with zero attached hydrogens (tertiary/aromatic N) is 1. The Kier molecular flexibility index (Phi) is 7.79. The summed E-state index contributed by atoms with van der Waals surface area (Å²) in [4.78, 5) is 13.7. The van der Waals surface area contributed by atoms with Crippen LogP contribution in [0.3, 0.4) is 0 Å².